The maximum atomic E-state index is 14.2. The number of alkyl carbamates (subject to hydrolysis) is 1. The molecule has 0 radical (unpaired) electrons. The first-order chi connectivity index (χ1) is 18.3. The van der Waals surface area contributed by atoms with Crippen molar-refractivity contribution in [3.63, 3.8) is 0 Å². The molecular formula is C30H42N4O5. The van der Waals surface area contributed by atoms with Gasteiger partial charge in [0.25, 0.3) is 0 Å². The predicted molar refractivity (Wildman–Crippen MR) is 150 cm³/mol. The van der Waals surface area contributed by atoms with Gasteiger partial charge in [0, 0.05) is 19.0 Å². The Hall–Kier alpha value is -3.88. The van der Waals surface area contributed by atoms with Crippen LogP contribution in [0, 0.1) is 6.92 Å². The van der Waals surface area contributed by atoms with E-state index < -0.39 is 35.6 Å². The van der Waals surface area contributed by atoms with E-state index >= 15 is 0 Å². The number of benzene rings is 2. The van der Waals surface area contributed by atoms with Gasteiger partial charge < -0.3 is 26.0 Å². The SMILES string of the molecule is CCC(C)N(C(=O)C(CCC(N)=O)NC(=O)OC(C)(C)C)C(C(=O)NCc1ccccc1)c1ccccc1C. The number of rotatable bonds is 12. The largest absolute Gasteiger partial charge is 0.444 e. The molecule has 0 aliphatic heterocycles. The van der Waals surface area contributed by atoms with E-state index in [4.69, 9.17) is 10.5 Å². The molecule has 212 valence electrons. The van der Waals surface area contributed by atoms with Crippen molar-refractivity contribution in [3.8, 4) is 0 Å². The molecule has 9 nitrogen and oxygen atoms in total. The minimum Gasteiger partial charge on any atom is -0.444 e. The highest BCUT2D eigenvalue weighted by molar-refractivity contribution is 5.93. The number of primary amides is 1. The lowest BCUT2D eigenvalue weighted by Crippen LogP contribution is -2.55. The Bertz CT molecular complexity index is 1130. The fourth-order valence-corrected chi connectivity index (χ4v) is 4.16. The van der Waals surface area contributed by atoms with Crippen LogP contribution in [0.1, 0.15) is 76.6 Å². The summed E-state index contributed by atoms with van der Waals surface area (Å²) >= 11 is 0. The lowest BCUT2D eigenvalue weighted by Gasteiger charge is -2.38. The smallest absolute Gasteiger partial charge is 0.408 e. The van der Waals surface area contributed by atoms with Crippen LogP contribution < -0.4 is 16.4 Å². The van der Waals surface area contributed by atoms with E-state index in [2.05, 4.69) is 10.6 Å². The van der Waals surface area contributed by atoms with Gasteiger partial charge in [-0.2, -0.15) is 0 Å². The summed E-state index contributed by atoms with van der Waals surface area (Å²) in [6.45, 7) is 11.1. The van der Waals surface area contributed by atoms with Gasteiger partial charge in [0.2, 0.25) is 17.7 Å². The van der Waals surface area contributed by atoms with Crippen LogP contribution in [0.3, 0.4) is 0 Å². The molecule has 4 amide bonds. The molecule has 39 heavy (non-hydrogen) atoms. The molecule has 0 spiro atoms. The van der Waals surface area contributed by atoms with E-state index in [-0.39, 0.29) is 31.3 Å². The highest BCUT2D eigenvalue weighted by Gasteiger charge is 2.39. The maximum Gasteiger partial charge on any atom is 0.408 e. The fourth-order valence-electron chi connectivity index (χ4n) is 4.16. The highest BCUT2D eigenvalue weighted by Crippen LogP contribution is 2.29. The maximum absolute atomic E-state index is 14.2. The second-order valence-corrected chi connectivity index (χ2v) is 10.7. The number of nitrogens with zero attached hydrogens (tertiary/aromatic N) is 1. The Morgan fingerprint density at radius 3 is 2.18 bits per heavy atom. The van der Waals surface area contributed by atoms with E-state index in [0.717, 1.165) is 11.1 Å². The summed E-state index contributed by atoms with van der Waals surface area (Å²) in [5, 5.41) is 5.60. The number of nitrogens with two attached hydrogens (primary N) is 1. The van der Waals surface area contributed by atoms with Gasteiger partial charge in [0.1, 0.15) is 17.7 Å². The molecule has 2 aromatic carbocycles. The first-order valence-corrected chi connectivity index (χ1v) is 13.3. The molecule has 2 rings (SSSR count). The summed E-state index contributed by atoms with van der Waals surface area (Å²) in [4.78, 5) is 53.8. The molecule has 0 fully saturated rings. The number of hydrogen-bond acceptors (Lipinski definition) is 5. The predicted octanol–water partition coefficient (Wildman–Crippen LogP) is 4.14. The molecule has 0 aliphatic rings. The normalized spacial score (nSPS) is 13.5. The summed E-state index contributed by atoms with van der Waals surface area (Å²) in [6, 6.07) is 14.4. The molecule has 0 bridgehead atoms. The molecule has 2 aromatic rings. The van der Waals surface area contributed by atoms with Crippen molar-refractivity contribution in [2.45, 2.75) is 91.1 Å². The molecule has 0 heterocycles. The molecular weight excluding hydrogens is 496 g/mol. The van der Waals surface area contributed by atoms with Gasteiger partial charge in [-0.1, -0.05) is 61.5 Å². The van der Waals surface area contributed by atoms with E-state index in [1.807, 2.05) is 75.4 Å². The third-order valence-electron chi connectivity index (χ3n) is 6.31. The topological polar surface area (TPSA) is 131 Å². The number of nitrogens with one attached hydrogen (secondary N) is 2. The lowest BCUT2D eigenvalue weighted by atomic mass is 9.95. The number of ether oxygens (including phenoxy) is 1. The molecule has 3 unspecified atom stereocenters. The second kappa shape index (κ2) is 14.3. The van der Waals surface area contributed by atoms with Crippen LogP contribution in [-0.2, 0) is 25.7 Å². The van der Waals surface area contributed by atoms with Crippen molar-refractivity contribution in [2.24, 2.45) is 5.73 Å². The standard InChI is InChI=1S/C30H42N4O5/c1-7-21(3)34(28(37)24(17-18-25(31)35)33-29(38)39-30(4,5)6)26(23-16-12-11-13-20(23)2)27(36)32-19-22-14-9-8-10-15-22/h8-16,21,24,26H,7,17-19H2,1-6H3,(H2,31,35)(H,32,36)(H,33,38). The third kappa shape index (κ3) is 9.74. The molecule has 0 saturated carbocycles. The van der Waals surface area contributed by atoms with Gasteiger partial charge in [-0.3, -0.25) is 14.4 Å². The van der Waals surface area contributed by atoms with E-state index in [1.54, 1.807) is 20.8 Å². The van der Waals surface area contributed by atoms with Crippen molar-refractivity contribution in [1.82, 2.24) is 15.5 Å². The third-order valence-corrected chi connectivity index (χ3v) is 6.31. The number of amides is 4. The zero-order valence-electron chi connectivity index (χ0n) is 23.8. The first kappa shape index (κ1) is 31.3. The molecule has 4 N–H and O–H groups in total. The minimum atomic E-state index is -1.13. The van der Waals surface area contributed by atoms with Crippen LogP contribution in [0.25, 0.3) is 0 Å². The van der Waals surface area contributed by atoms with Crippen LogP contribution in [-0.4, -0.2) is 46.4 Å². The Morgan fingerprint density at radius 2 is 1.62 bits per heavy atom. The van der Waals surface area contributed by atoms with Crippen LogP contribution >= 0.6 is 0 Å². The summed E-state index contributed by atoms with van der Waals surface area (Å²) in [7, 11) is 0. The van der Waals surface area contributed by atoms with Crippen LogP contribution in [0.15, 0.2) is 54.6 Å². The number of hydrogen-bond donors (Lipinski definition) is 3. The monoisotopic (exact) mass is 538 g/mol. The molecule has 3 atom stereocenters. The molecule has 0 saturated heterocycles. The summed E-state index contributed by atoms with van der Waals surface area (Å²) < 4.78 is 5.37. The van der Waals surface area contributed by atoms with E-state index in [1.165, 1.54) is 4.90 Å². The van der Waals surface area contributed by atoms with Gasteiger partial charge in [-0.15, -0.1) is 0 Å². The Morgan fingerprint density at radius 1 is 1.00 bits per heavy atom. The first-order valence-electron chi connectivity index (χ1n) is 13.3. The van der Waals surface area contributed by atoms with Crippen molar-refractivity contribution in [2.75, 3.05) is 0 Å². The summed E-state index contributed by atoms with van der Waals surface area (Å²) in [5.74, 6) is -1.46. The van der Waals surface area contributed by atoms with Crippen molar-refractivity contribution in [3.05, 3.63) is 71.3 Å². The van der Waals surface area contributed by atoms with Gasteiger partial charge in [-0.05, 0) is 64.2 Å². The number of carbonyl (C=O) groups excluding carboxylic acids is 4. The zero-order valence-corrected chi connectivity index (χ0v) is 23.8. The van der Waals surface area contributed by atoms with Crippen LogP contribution in [0.5, 0.6) is 0 Å². The quantitative estimate of drug-likeness (QED) is 0.374. The number of carbonyl (C=O) groups is 4. The summed E-state index contributed by atoms with van der Waals surface area (Å²) in [5.41, 5.74) is 7.01. The average Bonchev–Trinajstić information content (AvgIpc) is 2.87. The van der Waals surface area contributed by atoms with Crippen LogP contribution in [0.4, 0.5) is 4.79 Å². The van der Waals surface area contributed by atoms with Crippen molar-refractivity contribution >= 4 is 23.8 Å². The Balaban J connectivity index is 2.51. The van der Waals surface area contributed by atoms with Gasteiger partial charge in [0.15, 0.2) is 0 Å². The van der Waals surface area contributed by atoms with Crippen LogP contribution in [0.2, 0.25) is 0 Å². The molecule has 0 aromatic heterocycles. The average molecular weight is 539 g/mol. The highest BCUT2D eigenvalue weighted by atomic mass is 16.6. The lowest BCUT2D eigenvalue weighted by molar-refractivity contribution is -0.145. The Kier molecular flexibility index (Phi) is 11.5. The van der Waals surface area contributed by atoms with Crippen molar-refractivity contribution in [1.29, 1.82) is 0 Å². The second-order valence-electron chi connectivity index (χ2n) is 10.7. The van der Waals surface area contributed by atoms with E-state index in [0.29, 0.717) is 12.0 Å². The number of aryl methyl sites for hydroxylation is 1. The Labute approximate surface area is 231 Å². The zero-order chi connectivity index (χ0) is 29.2. The van der Waals surface area contributed by atoms with Gasteiger partial charge in [-0.25, -0.2) is 4.79 Å². The van der Waals surface area contributed by atoms with E-state index in [9.17, 15) is 19.2 Å². The fraction of sp³-hybridized carbons (Fsp3) is 0.467. The summed E-state index contributed by atoms with van der Waals surface area (Å²) in [6.07, 6.45) is -0.410. The van der Waals surface area contributed by atoms with Gasteiger partial charge in [0.05, 0.1) is 0 Å². The minimum absolute atomic E-state index is 0.0352. The van der Waals surface area contributed by atoms with Gasteiger partial charge >= 0.3 is 6.09 Å². The van der Waals surface area contributed by atoms with Crippen molar-refractivity contribution < 1.29 is 23.9 Å². The molecule has 9 heteroatoms. The molecule has 0 aliphatic carbocycles.